The van der Waals surface area contributed by atoms with Gasteiger partial charge in [0.15, 0.2) is 0 Å². The van der Waals surface area contributed by atoms with E-state index in [-0.39, 0.29) is 11.9 Å². The zero-order chi connectivity index (χ0) is 13.7. The summed E-state index contributed by atoms with van der Waals surface area (Å²) in [6.07, 6.45) is 1.68. The van der Waals surface area contributed by atoms with Gasteiger partial charge in [-0.3, -0.25) is 14.7 Å². The zero-order valence-corrected chi connectivity index (χ0v) is 11.7. The summed E-state index contributed by atoms with van der Waals surface area (Å²) in [4.78, 5) is 19.9. The van der Waals surface area contributed by atoms with Crippen molar-refractivity contribution in [3.8, 4) is 5.75 Å². The van der Waals surface area contributed by atoms with Crippen molar-refractivity contribution in [2.75, 3.05) is 28.3 Å². The summed E-state index contributed by atoms with van der Waals surface area (Å²) in [5.41, 5.74) is 0.816. The molecule has 0 aromatic carbocycles. The molecule has 100 valence electrons. The highest BCUT2D eigenvalue weighted by Crippen LogP contribution is 2.12. The van der Waals surface area contributed by atoms with Crippen molar-refractivity contribution in [2.45, 2.75) is 19.5 Å². The maximum Gasteiger partial charge on any atom is 0.239 e. The number of rotatable bonds is 5. The second-order valence-corrected chi connectivity index (χ2v) is 4.52. The monoisotopic (exact) mass is 251 g/mol. The average Bonchev–Trinajstić information content (AvgIpc) is 2.36. The smallest absolute Gasteiger partial charge is 0.239 e. The largest absolute Gasteiger partial charge is 0.497 e. The number of nitrogens with zero attached hydrogens (tertiary/aromatic N) is 3. The van der Waals surface area contributed by atoms with Gasteiger partial charge in [-0.1, -0.05) is 0 Å². The quantitative estimate of drug-likeness (QED) is 0.783. The molecule has 1 amide bonds. The minimum Gasteiger partial charge on any atom is -0.497 e. The Morgan fingerprint density at radius 1 is 1.44 bits per heavy atom. The minimum atomic E-state index is -0.138. The van der Waals surface area contributed by atoms with Gasteiger partial charge in [0.05, 0.1) is 25.4 Å². The highest BCUT2D eigenvalue weighted by atomic mass is 16.5. The third kappa shape index (κ3) is 3.70. The lowest BCUT2D eigenvalue weighted by Gasteiger charge is -2.25. The molecule has 0 bridgehead atoms. The van der Waals surface area contributed by atoms with E-state index in [1.54, 1.807) is 31.3 Å². The average molecular weight is 251 g/mol. The van der Waals surface area contributed by atoms with E-state index < -0.39 is 0 Å². The van der Waals surface area contributed by atoms with Crippen LogP contribution in [0.2, 0.25) is 0 Å². The van der Waals surface area contributed by atoms with Gasteiger partial charge in [-0.2, -0.15) is 0 Å². The molecule has 1 atom stereocenters. The number of carbonyl (C=O) groups excluding carboxylic acids is 1. The fourth-order valence-corrected chi connectivity index (χ4v) is 1.53. The van der Waals surface area contributed by atoms with Crippen molar-refractivity contribution < 1.29 is 9.53 Å². The van der Waals surface area contributed by atoms with E-state index in [1.165, 1.54) is 0 Å². The first-order valence-electron chi connectivity index (χ1n) is 5.86. The Balaban J connectivity index is 2.69. The molecule has 0 spiro atoms. The maximum atomic E-state index is 12.1. The van der Waals surface area contributed by atoms with Crippen molar-refractivity contribution in [2.24, 2.45) is 0 Å². The first-order chi connectivity index (χ1) is 8.45. The lowest BCUT2D eigenvalue weighted by Crippen LogP contribution is -2.42. The summed E-state index contributed by atoms with van der Waals surface area (Å²) < 4.78 is 5.13. The molecule has 1 rings (SSSR count). The highest BCUT2D eigenvalue weighted by Gasteiger charge is 2.19. The third-order valence-corrected chi connectivity index (χ3v) is 2.93. The van der Waals surface area contributed by atoms with Crippen molar-refractivity contribution in [3.05, 3.63) is 24.0 Å². The van der Waals surface area contributed by atoms with Crippen LogP contribution in [-0.2, 0) is 11.3 Å². The van der Waals surface area contributed by atoms with Gasteiger partial charge in [0.25, 0.3) is 0 Å². The van der Waals surface area contributed by atoms with E-state index in [9.17, 15) is 4.79 Å². The second kappa shape index (κ2) is 6.35. The minimum absolute atomic E-state index is 0.0737. The van der Waals surface area contributed by atoms with Crippen LogP contribution < -0.4 is 4.74 Å². The Hall–Kier alpha value is -1.62. The molecule has 18 heavy (non-hydrogen) atoms. The molecule has 1 aromatic heterocycles. The summed E-state index contributed by atoms with van der Waals surface area (Å²) in [5.74, 6) is 0.825. The maximum absolute atomic E-state index is 12.1. The Morgan fingerprint density at radius 3 is 2.67 bits per heavy atom. The molecule has 1 aromatic rings. The van der Waals surface area contributed by atoms with E-state index in [0.29, 0.717) is 6.54 Å². The number of ether oxygens (including phenoxy) is 1. The van der Waals surface area contributed by atoms with Crippen LogP contribution in [0.5, 0.6) is 5.75 Å². The van der Waals surface area contributed by atoms with Gasteiger partial charge in [0.1, 0.15) is 5.75 Å². The van der Waals surface area contributed by atoms with Gasteiger partial charge in [0, 0.05) is 19.3 Å². The predicted octanol–water partition coefficient (Wildman–Crippen LogP) is 0.999. The molecule has 0 saturated heterocycles. The number of likely N-dealkylation sites (N-methyl/N-ethyl adjacent to an activating group) is 2. The van der Waals surface area contributed by atoms with Crippen LogP contribution in [0.25, 0.3) is 0 Å². The number of aromatic nitrogens is 1. The lowest BCUT2D eigenvalue weighted by atomic mass is 10.2. The molecule has 1 unspecified atom stereocenters. The van der Waals surface area contributed by atoms with E-state index in [0.717, 1.165) is 11.4 Å². The van der Waals surface area contributed by atoms with Gasteiger partial charge in [-0.25, -0.2) is 0 Å². The predicted molar refractivity (Wildman–Crippen MR) is 70.4 cm³/mol. The van der Waals surface area contributed by atoms with Crippen LogP contribution >= 0.6 is 0 Å². The number of pyridine rings is 1. The number of methoxy groups -OCH3 is 1. The summed E-state index contributed by atoms with van der Waals surface area (Å²) >= 11 is 0. The normalized spacial score (nSPS) is 12.3. The lowest BCUT2D eigenvalue weighted by molar-refractivity contribution is -0.134. The van der Waals surface area contributed by atoms with E-state index in [2.05, 4.69) is 4.98 Å². The van der Waals surface area contributed by atoms with Crippen molar-refractivity contribution in [1.29, 1.82) is 0 Å². The zero-order valence-electron chi connectivity index (χ0n) is 11.7. The molecule has 1 heterocycles. The molecular weight excluding hydrogens is 230 g/mol. The highest BCUT2D eigenvalue weighted by molar-refractivity contribution is 5.81. The van der Waals surface area contributed by atoms with Gasteiger partial charge >= 0.3 is 0 Å². The van der Waals surface area contributed by atoms with Gasteiger partial charge in [-0.05, 0) is 27.1 Å². The van der Waals surface area contributed by atoms with Crippen LogP contribution in [0.3, 0.4) is 0 Å². The van der Waals surface area contributed by atoms with Crippen molar-refractivity contribution in [3.63, 3.8) is 0 Å². The van der Waals surface area contributed by atoms with Crippen LogP contribution in [0.1, 0.15) is 12.6 Å². The van der Waals surface area contributed by atoms with Crippen molar-refractivity contribution >= 4 is 5.91 Å². The molecule has 0 aliphatic rings. The van der Waals surface area contributed by atoms with Crippen LogP contribution in [-0.4, -0.2) is 55.0 Å². The van der Waals surface area contributed by atoms with Crippen LogP contribution in [0.15, 0.2) is 18.3 Å². The Morgan fingerprint density at radius 2 is 2.11 bits per heavy atom. The Labute approximate surface area is 108 Å². The van der Waals surface area contributed by atoms with Gasteiger partial charge in [-0.15, -0.1) is 0 Å². The second-order valence-electron chi connectivity index (χ2n) is 4.52. The molecule has 5 heteroatoms. The van der Waals surface area contributed by atoms with Crippen molar-refractivity contribution in [1.82, 2.24) is 14.8 Å². The molecule has 0 saturated carbocycles. The summed E-state index contributed by atoms with van der Waals surface area (Å²) in [7, 11) is 7.17. The first kappa shape index (κ1) is 14.4. The number of carbonyl (C=O) groups is 1. The standard InChI is InChI=1S/C13H21N3O2/c1-10(15(2)3)13(17)16(4)9-11-8-12(18-5)6-7-14-11/h6-8,10H,9H2,1-5H3. The first-order valence-corrected chi connectivity index (χ1v) is 5.86. The molecule has 0 aliphatic heterocycles. The summed E-state index contributed by atoms with van der Waals surface area (Å²) in [6, 6.07) is 3.48. The molecule has 0 N–H and O–H groups in total. The fourth-order valence-electron chi connectivity index (χ4n) is 1.53. The summed E-state index contributed by atoms with van der Waals surface area (Å²) in [5, 5.41) is 0. The van der Waals surface area contributed by atoms with E-state index in [4.69, 9.17) is 4.74 Å². The van der Waals surface area contributed by atoms with E-state index in [1.807, 2.05) is 32.0 Å². The molecule has 0 fully saturated rings. The molecule has 5 nitrogen and oxygen atoms in total. The fraction of sp³-hybridized carbons (Fsp3) is 0.538. The van der Waals surface area contributed by atoms with E-state index >= 15 is 0 Å². The number of hydrogen-bond donors (Lipinski definition) is 0. The topological polar surface area (TPSA) is 45.7 Å². The molecule has 0 radical (unpaired) electrons. The van der Waals surface area contributed by atoms with Gasteiger partial charge < -0.3 is 9.64 Å². The summed E-state index contributed by atoms with van der Waals surface area (Å²) in [6.45, 7) is 2.37. The van der Waals surface area contributed by atoms with Crippen LogP contribution in [0, 0.1) is 0 Å². The SMILES string of the molecule is COc1ccnc(CN(C)C(=O)C(C)N(C)C)c1. The molecule has 0 aliphatic carbocycles. The Kier molecular flexibility index (Phi) is 5.09. The van der Waals surface area contributed by atoms with Gasteiger partial charge in [0.2, 0.25) is 5.91 Å². The number of hydrogen-bond acceptors (Lipinski definition) is 4. The third-order valence-electron chi connectivity index (χ3n) is 2.93. The van der Waals surface area contributed by atoms with Crippen LogP contribution in [0.4, 0.5) is 0 Å². The molecular formula is C13H21N3O2. The number of amides is 1. The Bertz CT molecular complexity index is 407.